The summed E-state index contributed by atoms with van der Waals surface area (Å²) in [6.45, 7) is 0.348. The van der Waals surface area contributed by atoms with E-state index < -0.39 is 12.3 Å². The van der Waals surface area contributed by atoms with Crippen LogP contribution < -0.4 is 10.6 Å². The van der Waals surface area contributed by atoms with Crippen molar-refractivity contribution in [3.05, 3.63) is 0 Å². The SMILES string of the molecule is COC1NCC(C#N)C(=O)N1. The van der Waals surface area contributed by atoms with Gasteiger partial charge in [0, 0.05) is 13.7 Å². The Morgan fingerprint density at radius 3 is 3.00 bits per heavy atom. The van der Waals surface area contributed by atoms with Crippen LogP contribution in [0.15, 0.2) is 0 Å². The number of methoxy groups -OCH3 is 1. The van der Waals surface area contributed by atoms with Crippen molar-refractivity contribution in [2.24, 2.45) is 5.92 Å². The first-order chi connectivity index (χ1) is 5.27. The van der Waals surface area contributed by atoms with Crippen LogP contribution in [0.2, 0.25) is 0 Å². The minimum absolute atomic E-state index is 0.280. The third kappa shape index (κ3) is 1.67. The quantitative estimate of drug-likeness (QED) is 0.497. The first-order valence-electron chi connectivity index (χ1n) is 3.24. The Hall–Kier alpha value is -1.12. The molecule has 0 aliphatic carbocycles. The molecule has 5 nitrogen and oxygen atoms in total. The van der Waals surface area contributed by atoms with Gasteiger partial charge in [0.25, 0.3) is 0 Å². The summed E-state index contributed by atoms with van der Waals surface area (Å²) < 4.78 is 4.80. The Labute approximate surface area is 64.3 Å². The molecule has 1 amide bonds. The maximum atomic E-state index is 10.9. The first kappa shape index (κ1) is 7.98. The number of carbonyl (C=O) groups is 1. The molecule has 1 fully saturated rings. The highest BCUT2D eigenvalue weighted by atomic mass is 16.5. The smallest absolute Gasteiger partial charge is 0.241 e. The maximum absolute atomic E-state index is 10.9. The van der Waals surface area contributed by atoms with Crippen molar-refractivity contribution in [1.82, 2.24) is 10.6 Å². The van der Waals surface area contributed by atoms with Gasteiger partial charge in [0.1, 0.15) is 5.92 Å². The lowest BCUT2D eigenvalue weighted by atomic mass is 10.1. The van der Waals surface area contributed by atoms with Gasteiger partial charge in [-0.05, 0) is 0 Å². The average molecular weight is 155 g/mol. The van der Waals surface area contributed by atoms with Crippen molar-refractivity contribution in [2.75, 3.05) is 13.7 Å². The van der Waals surface area contributed by atoms with Crippen LogP contribution in [-0.2, 0) is 9.53 Å². The molecule has 2 N–H and O–H groups in total. The topological polar surface area (TPSA) is 74.1 Å². The number of hydrogen-bond acceptors (Lipinski definition) is 4. The van der Waals surface area contributed by atoms with E-state index in [0.29, 0.717) is 6.54 Å². The molecule has 1 aliphatic heterocycles. The van der Waals surface area contributed by atoms with Gasteiger partial charge in [0.05, 0.1) is 6.07 Å². The Morgan fingerprint density at radius 1 is 1.82 bits per heavy atom. The van der Waals surface area contributed by atoms with E-state index in [1.165, 1.54) is 7.11 Å². The number of hydrogen-bond donors (Lipinski definition) is 2. The molecule has 2 unspecified atom stereocenters. The third-order valence-electron chi connectivity index (χ3n) is 1.49. The molecule has 0 radical (unpaired) electrons. The molecule has 0 bridgehead atoms. The van der Waals surface area contributed by atoms with E-state index in [0.717, 1.165) is 0 Å². The Bertz CT molecular complexity index is 198. The molecule has 1 saturated heterocycles. The molecule has 0 aromatic heterocycles. The maximum Gasteiger partial charge on any atom is 0.241 e. The van der Waals surface area contributed by atoms with Crippen LogP contribution in [0.25, 0.3) is 0 Å². The van der Waals surface area contributed by atoms with Crippen molar-refractivity contribution in [3.8, 4) is 6.07 Å². The minimum atomic E-state index is -0.596. The number of nitrogens with zero attached hydrogens (tertiary/aromatic N) is 1. The predicted octanol–water partition coefficient (Wildman–Crippen LogP) is -1.22. The highest BCUT2D eigenvalue weighted by molar-refractivity contribution is 5.82. The molecule has 1 rings (SSSR count). The summed E-state index contributed by atoms with van der Waals surface area (Å²) in [6.07, 6.45) is -0.452. The summed E-state index contributed by atoms with van der Waals surface area (Å²) >= 11 is 0. The zero-order valence-corrected chi connectivity index (χ0v) is 6.13. The van der Waals surface area contributed by atoms with Gasteiger partial charge in [-0.3, -0.25) is 10.1 Å². The molecule has 0 aromatic carbocycles. The van der Waals surface area contributed by atoms with E-state index in [9.17, 15) is 4.79 Å². The molecule has 2 atom stereocenters. The van der Waals surface area contributed by atoms with Crippen molar-refractivity contribution >= 4 is 5.91 Å². The zero-order valence-electron chi connectivity index (χ0n) is 6.13. The predicted molar refractivity (Wildman–Crippen MR) is 36.0 cm³/mol. The van der Waals surface area contributed by atoms with E-state index >= 15 is 0 Å². The normalized spacial score (nSPS) is 30.7. The molecule has 11 heavy (non-hydrogen) atoms. The van der Waals surface area contributed by atoms with Gasteiger partial charge in [0.2, 0.25) is 5.91 Å². The number of nitrogens with one attached hydrogen (secondary N) is 2. The second-order valence-corrected chi connectivity index (χ2v) is 2.21. The number of ether oxygens (including phenoxy) is 1. The lowest BCUT2D eigenvalue weighted by Gasteiger charge is -2.25. The molecule has 1 heterocycles. The van der Waals surface area contributed by atoms with Crippen LogP contribution in [0, 0.1) is 17.2 Å². The molecule has 0 saturated carbocycles. The molecule has 5 heteroatoms. The fourth-order valence-corrected chi connectivity index (χ4v) is 0.845. The standard InChI is InChI=1S/C6H9N3O2/c1-11-6-8-3-4(2-7)5(10)9-6/h4,6,8H,3H2,1H3,(H,9,10). The summed E-state index contributed by atoms with van der Waals surface area (Å²) in [5.41, 5.74) is 0. The minimum Gasteiger partial charge on any atom is -0.348 e. The van der Waals surface area contributed by atoms with Crippen LogP contribution in [0.3, 0.4) is 0 Å². The molecular formula is C6H9N3O2. The van der Waals surface area contributed by atoms with Gasteiger partial charge in [-0.15, -0.1) is 0 Å². The Kier molecular flexibility index (Phi) is 2.41. The summed E-state index contributed by atoms with van der Waals surface area (Å²) in [5, 5.41) is 13.7. The molecular weight excluding hydrogens is 146 g/mol. The third-order valence-corrected chi connectivity index (χ3v) is 1.49. The Morgan fingerprint density at radius 2 is 2.55 bits per heavy atom. The highest BCUT2D eigenvalue weighted by Gasteiger charge is 2.26. The lowest BCUT2D eigenvalue weighted by Crippen LogP contribution is -2.56. The van der Waals surface area contributed by atoms with Crippen molar-refractivity contribution < 1.29 is 9.53 Å². The zero-order chi connectivity index (χ0) is 8.27. The molecule has 0 spiro atoms. The number of carbonyl (C=O) groups excluding carboxylic acids is 1. The monoisotopic (exact) mass is 155 g/mol. The summed E-state index contributed by atoms with van der Waals surface area (Å²) in [5.74, 6) is -0.875. The van der Waals surface area contributed by atoms with E-state index in [-0.39, 0.29) is 5.91 Å². The molecule has 0 aromatic rings. The molecule has 1 aliphatic rings. The fourth-order valence-electron chi connectivity index (χ4n) is 0.845. The fraction of sp³-hybridized carbons (Fsp3) is 0.667. The first-order valence-corrected chi connectivity index (χ1v) is 3.24. The van der Waals surface area contributed by atoms with Crippen LogP contribution in [0.5, 0.6) is 0 Å². The highest BCUT2D eigenvalue weighted by Crippen LogP contribution is 1.99. The largest absolute Gasteiger partial charge is 0.348 e. The van der Waals surface area contributed by atoms with E-state index in [2.05, 4.69) is 10.6 Å². The van der Waals surface area contributed by atoms with Crippen molar-refractivity contribution in [2.45, 2.75) is 6.35 Å². The van der Waals surface area contributed by atoms with Crippen molar-refractivity contribution in [3.63, 3.8) is 0 Å². The van der Waals surface area contributed by atoms with Crippen LogP contribution >= 0.6 is 0 Å². The van der Waals surface area contributed by atoms with Gasteiger partial charge in [-0.25, -0.2) is 0 Å². The van der Waals surface area contributed by atoms with E-state index in [4.69, 9.17) is 10.00 Å². The van der Waals surface area contributed by atoms with Crippen LogP contribution in [0.1, 0.15) is 0 Å². The molecule has 60 valence electrons. The summed E-state index contributed by atoms with van der Waals surface area (Å²) in [4.78, 5) is 10.9. The van der Waals surface area contributed by atoms with Gasteiger partial charge in [-0.2, -0.15) is 5.26 Å². The van der Waals surface area contributed by atoms with Crippen molar-refractivity contribution in [1.29, 1.82) is 5.26 Å². The van der Waals surface area contributed by atoms with E-state index in [1.54, 1.807) is 0 Å². The van der Waals surface area contributed by atoms with Gasteiger partial charge in [0.15, 0.2) is 6.35 Å². The summed E-state index contributed by atoms with van der Waals surface area (Å²) in [6, 6.07) is 1.87. The van der Waals surface area contributed by atoms with Gasteiger partial charge in [-0.1, -0.05) is 0 Å². The van der Waals surface area contributed by atoms with Gasteiger partial charge < -0.3 is 10.1 Å². The average Bonchev–Trinajstić information content (AvgIpc) is 2.04. The second kappa shape index (κ2) is 3.32. The van der Waals surface area contributed by atoms with Gasteiger partial charge >= 0.3 is 0 Å². The van der Waals surface area contributed by atoms with Crippen LogP contribution in [-0.4, -0.2) is 25.9 Å². The number of amides is 1. The lowest BCUT2D eigenvalue weighted by molar-refractivity contribution is -0.131. The second-order valence-electron chi connectivity index (χ2n) is 2.21. The summed E-state index contributed by atoms with van der Waals surface area (Å²) in [7, 11) is 1.48. The van der Waals surface area contributed by atoms with Crippen LogP contribution in [0.4, 0.5) is 0 Å². The number of rotatable bonds is 1. The Balaban J connectivity index is 2.49. The van der Waals surface area contributed by atoms with E-state index in [1.807, 2.05) is 6.07 Å². The number of nitriles is 1.